The molecule has 0 heterocycles. The maximum absolute atomic E-state index is 11.3. The Bertz CT molecular complexity index is 422. The molecule has 0 saturated carbocycles. The van der Waals surface area contributed by atoms with E-state index in [4.69, 9.17) is 5.73 Å². The lowest BCUT2D eigenvalue weighted by atomic mass is 9.67. The van der Waals surface area contributed by atoms with Crippen molar-refractivity contribution in [3.8, 4) is 0 Å². The molecule has 0 saturated heterocycles. The molecule has 7 nitrogen and oxygen atoms in total. The molecule has 0 spiro atoms. The summed E-state index contributed by atoms with van der Waals surface area (Å²) >= 11 is 0. The number of hydrogen-bond acceptors (Lipinski definition) is 5. The van der Waals surface area contributed by atoms with E-state index in [1.54, 1.807) is 20.8 Å². The zero-order valence-corrected chi connectivity index (χ0v) is 9.91. The molecule has 0 fully saturated rings. The van der Waals surface area contributed by atoms with Gasteiger partial charge in [0.25, 0.3) is 11.2 Å². The zero-order chi connectivity index (χ0) is 13.4. The monoisotopic (exact) mass is 241 g/mol. The molecule has 0 radical (unpaired) electrons. The van der Waals surface area contributed by atoms with Crippen molar-refractivity contribution in [3.05, 3.63) is 44.2 Å². The third-order valence-electron chi connectivity index (χ3n) is 3.12. The van der Waals surface area contributed by atoms with Crippen LogP contribution in [0.1, 0.15) is 20.8 Å². The summed E-state index contributed by atoms with van der Waals surface area (Å²) in [5.41, 5.74) is 2.92. The van der Waals surface area contributed by atoms with E-state index in [1.165, 1.54) is 18.2 Å². The van der Waals surface area contributed by atoms with Crippen molar-refractivity contribution >= 4 is 0 Å². The molecule has 2 atom stereocenters. The molecule has 1 aliphatic rings. The number of rotatable bonds is 2. The fourth-order valence-corrected chi connectivity index (χ4v) is 2.07. The van der Waals surface area contributed by atoms with E-state index in [0.29, 0.717) is 0 Å². The van der Waals surface area contributed by atoms with Crippen LogP contribution >= 0.6 is 0 Å². The fraction of sp³-hybridized carbons (Fsp3) is 0.600. The minimum atomic E-state index is -1.66. The Morgan fingerprint density at radius 1 is 1.35 bits per heavy atom. The van der Waals surface area contributed by atoms with Gasteiger partial charge in [0, 0.05) is 16.4 Å². The maximum Gasteiger partial charge on any atom is 0.270 e. The Morgan fingerprint density at radius 3 is 2.24 bits per heavy atom. The van der Waals surface area contributed by atoms with E-state index in [9.17, 15) is 20.2 Å². The summed E-state index contributed by atoms with van der Waals surface area (Å²) in [6.07, 6.45) is 3.87. The second kappa shape index (κ2) is 3.92. The van der Waals surface area contributed by atoms with Crippen LogP contribution in [-0.2, 0) is 0 Å². The van der Waals surface area contributed by atoms with E-state index < -0.39 is 26.8 Å². The summed E-state index contributed by atoms with van der Waals surface area (Å²) in [4.78, 5) is 20.9. The Hall–Kier alpha value is -1.76. The minimum Gasteiger partial charge on any atom is -0.312 e. The van der Waals surface area contributed by atoms with Crippen LogP contribution < -0.4 is 5.73 Å². The SMILES string of the molecule is CC(C)(C)C1([N+](=O)[O-])C=CC=C([N+](=O)[O-])C1N. The van der Waals surface area contributed by atoms with Gasteiger partial charge in [0.1, 0.15) is 0 Å². The Kier molecular flexibility index (Phi) is 3.07. The minimum absolute atomic E-state index is 0.334. The van der Waals surface area contributed by atoms with Crippen molar-refractivity contribution in [1.82, 2.24) is 0 Å². The molecule has 0 bridgehead atoms. The van der Waals surface area contributed by atoms with Crippen molar-refractivity contribution in [2.75, 3.05) is 0 Å². The van der Waals surface area contributed by atoms with Gasteiger partial charge in [-0.05, 0) is 6.08 Å². The van der Waals surface area contributed by atoms with Crippen LogP contribution in [0.25, 0.3) is 0 Å². The van der Waals surface area contributed by atoms with Gasteiger partial charge in [0.15, 0.2) is 6.04 Å². The molecule has 0 aromatic carbocycles. The second-order valence-electron chi connectivity index (χ2n) is 5.02. The third kappa shape index (κ3) is 1.82. The molecule has 0 amide bonds. The molecule has 0 aromatic heterocycles. The first-order chi connectivity index (χ1) is 7.64. The Labute approximate surface area is 98.3 Å². The molecular weight excluding hydrogens is 226 g/mol. The van der Waals surface area contributed by atoms with Crippen molar-refractivity contribution in [1.29, 1.82) is 0 Å². The quantitative estimate of drug-likeness (QED) is 0.574. The molecule has 94 valence electrons. The fourth-order valence-electron chi connectivity index (χ4n) is 2.07. The molecule has 17 heavy (non-hydrogen) atoms. The van der Waals surface area contributed by atoms with E-state index in [0.717, 1.165) is 0 Å². The normalized spacial score (nSPS) is 28.7. The number of nitrogens with zero attached hydrogens (tertiary/aromatic N) is 2. The van der Waals surface area contributed by atoms with Gasteiger partial charge >= 0.3 is 0 Å². The van der Waals surface area contributed by atoms with Gasteiger partial charge in [0.2, 0.25) is 0 Å². The summed E-state index contributed by atoms with van der Waals surface area (Å²) in [5, 5.41) is 22.1. The maximum atomic E-state index is 11.3. The average molecular weight is 241 g/mol. The van der Waals surface area contributed by atoms with Crippen LogP contribution in [0, 0.1) is 25.6 Å². The summed E-state index contributed by atoms with van der Waals surface area (Å²) in [6, 6.07) is -1.27. The lowest BCUT2D eigenvalue weighted by molar-refractivity contribution is -0.583. The first-order valence-electron chi connectivity index (χ1n) is 5.08. The van der Waals surface area contributed by atoms with Gasteiger partial charge in [-0.25, -0.2) is 0 Å². The van der Waals surface area contributed by atoms with Gasteiger partial charge in [0.05, 0.1) is 4.92 Å². The first kappa shape index (κ1) is 13.3. The molecule has 0 aromatic rings. The van der Waals surface area contributed by atoms with Crippen LogP contribution in [0.15, 0.2) is 23.9 Å². The highest BCUT2D eigenvalue weighted by atomic mass is 16.6. The lowest BCUT2D eigenvalue weighted by Gasteiger charge is -2.38. The van der Waals surface area contributed by atoms with Crippen LogP contribution in [0.3, 0.4) is 0 Å². The van der Waals surface area contributed by atoms with Crippen LogP contribution in [0.2, 0.25) is 0 Å². The zero-order valence-electron chi connectivity index (χ0n) is 9.91. The van der Waals surface area contributed by atoms with Crippen LogP contribution in [0.4, 0.5) is 0 Å². The highest BCUT2D eigenvalue weighted by Gasteiger charge is 2.61. The number of hydrogen-bond donors (Lipinski definition) is 1. The number of nitrogens with two attached hydrogens (primary N) is 1. The lowest BCUT2D eigenvalue weighted by Crippen LogP contribution is -2.62. The number of allylic oxidation sites excluding steroid dienone is 2. The first-order valence-corrected chi connectivity index (χ1v) is 5.08. The summed E-state index contributed by atoms with van der Waals surface area (Å²) < 4.78 is 0. The summed E-state index contributed by atoms with van der Waals surface area (Å²) in [6.45, 7) is 4.93. The smallest absolute Gasteiger partial charge is 0.270 e. The highest BCUT2D eigenvalue weighted by Crippen LogP contribution is 2.40. The van der Waals surface area contributed by atoms with Crippen molar-refractivity contribution in [3.63, 3.8) is 0 Å². The number of nitro groups is 2. The largest absolute Gasteiger partial charge is 0.312 e. The van der Waals surface area contributed by atoms with E-state index >= 15 is 0 Å². The van der Waals surface area contributed by atoms with Crippen molar-refractivity contribution in [2.24, 2.45) is 11.1 Å². The standard InChI is InChI=1S/C10H15N3O4/c1-9(2,3)10(13(16)17)6-4-5-7(8(10)11)12(14)15/h4-6,8H,11H2,1-3H3. The molecule has 0 aliphatic heterocycles. The predicted molar refractivity (Wildman–Crippen MR) is 61.4 cm³/mol. The Morgan fingerprint density at radius 2 is 1.88 bits per heavy atom. The van der Waals surface area contributed by atoms with Gasteiger partial charge in [-0.3, -0.25) is 20.2 Å². The van der Waals surface area contributed by atoms with E-state index in [-0.39, 0.29) is 5.70 Å². The average Bonchev–Trinajstić information content (AvgIpc) is 2.14. The summed E-state index contributed by atoms with van der Waals surface area (Å²) in [5.74, 6) is 0. The highest BCUT2D eigenvalue weighted by molar-refractivity contribution is 5.30. The van der Waals surface area contributed by atoms with Crippen LogP contribution in [-0.4, -0.2) is 21.4 Å². The molecule has 1 rings (SSSR count). The molecular formula is C10H15N3O4. The Balaban J connectivity index is 3.39. The summed E-state index contributed by atoms with van der Waals surface area (Å²) in [7, 11) is 0. The van der Waals surface area contributed by atoms with Gasteiger partial charge < -0.3 is 5.73 Å². The van der Waals surface area contributed by atoms with Crippen LogP contribution in [0.5, 0.6) is 0 Å². The van der Waals surface area contributed by atoms with Crippen molar-refractivity contribution in [2.45, 2.75) is 32.4 Å². The van der Waals surface area contributed by atoms with E-state index in [2.05, 4.69) is 0 Å². The second-order valence-corrected chi connectivity index (χ2v) is 5.02. The molecule has 2 unspecified atom stereocenters. The molecule has 7 heteroatoms. The predicted octanol–water partition coefficient (Wildman–Crippen LogP) is 1.11. The topological polar surface area (TPSA) is 112 Å². The van der Waals surface area contributed by atoms with Gasteiger partial charge in [-0.1, -0.05) is 26.8 Å². The molecule has 1 aliphatic carbocycles. The van der Waals surface area contributed by atoms with Gasteiger partial charge in [-0.15, -0.1) is 0 Å². The molecule has 2 N–H and O–H groups in total. The van der Waals surface area contributed by atoms with Crippen molar-refractivity contribution < 1.29 is 9.85 Å². The van der Waals surface area contributed by atoms with Gasteiger partial charge in [-0.2, -0.15) is 0 Å². The van der Waals surface area contributed by atoms with E-state index in [1.807, 2.05) is 0 Å². The third-order valence-corrected chi connectivity index (χ3v) is 3.12.